The number of ether oxygens (including phenoxy) is 1. The molecule has 0 N–H and O–H groups in total. The van der Waals surface area contributed by atoms with Gasteiger partial charge in [0.25, 0.3) is 0 Å². The summed E-state index contributed by atoms with van der Waals surface area (Å²) in [7, 11) is 0. The highest BCUT2D eigenvalue weighted by molar-refractivity contribution is 7.08. The highest BCUT2D eigenvalue weighted by Crippen LogP contribution is 2.24. The summed E-state index contributed by atoms with van der Waals surface area (Å²) in [5, 5.41) is 4.15. The summed E-state index contributed by atoms with van der Waals surface area (Å²) in [6, 6.07) is 2.05. The van der Waals surface area contributed by atoms with Crippen molar-refractivity contribution >= 4 is 11.3 Å². The standard InChI is InChI=1S/C10H14OS/c1-2-4-9(5-3-1)11-10-6-7-12-8-10/h6-9H,1-5H2. The molecule has 0 radical (unpaired) electrons. The molecule has 0 atom stereocenters. The van der Waals surface area contributed by atoms with E-state index in [1.54, 1.807) is 11.3 Å². The summed E-state index contributed by atoms with van der Waals surface area (Å²) in [6.45, 7) is 0. The minimum Gasteiger partial charge on any atom is -0.490 e. The fourth-order valence-electron chi connectivity index (χ4n) is 1.69. The molecule has 1 aromatic rings. The quantitative estimate of drug-likeness (QED) is 0.680. The third-order valence-corrected chi connectivity index (χ3v) is 3.01. The molecule has 0 unspecified atom stereocenters. The molecule has 0 bridgehead atoms. The van der Waals surface area contributed by atoms with Gasteiger partial charge in [0.15, 0.2) is 0 Å². The van der Waals surface area contributed by atoms with Crippen LogP contribution in [0.2, 0.25) is 0 Å². The summed E-state index contributed by atoms with van der Waals surface area (Å²) in [5.74, 6) is 1.06. The second-order valence-electron chi connectivity index (χ2n) is 3.34. The van der Waals surface area contributed by atoms with E-state index in [1.807, 2.05) is 0 Å². The van der Waals surface area contributed by atoms with Gasteiger partial charge in [-0.15, -0.1) is 11.3 Å². The lowest BCUT2D eigenvalue weighted by Crippen LogP contribution is -2.19. The molecule has 1 nitrogen and oxygen atoms in total. The van der Waals surface area contributed by atoms with Crippen LogP contribution in [-0.2, 0) is 0 Å². The van der Waals surface area contributed by atoms with Crippen molar-refractivity contribution in [2.75, 3.05) is 0 Å². The van der Waals surface area contributed by atoms with Crippen LogP contribution in [0.15, 0.2) is 16.8 Å². The van der Waals surface area contributed by atoms with Crippen molar-refractivity contribution in [2.45, 2.75) is 38.2 Å². The molecule has 0 amide bonds. The van der Waals surface area contributed by atoms with Gasteiger partial charge < -0.3 is 4.74 Å². The zero-order chi connectivity index (χ0) is 8.23. The van der Waals surface area contributed by atoms with E-state index in [0.29, 0.717) is 6.10 Å². The van der Waals surface area contributed by atoms with Crippen LogP contribution in [0.3, 0.4) is 0 Å². The normalized spacial score (nSPS) is 19.3. The summed E-state index contributed by atoms with van der Waals surface area (Å²) >= 11 is 1.70. The molecule has 66 valence electrons. The van der Waals surface area contributed by atoms with Crippen molar-refractivity contribution in [1.29, 1.82) is 0 Å². The number of thiophene rings is 1. The maximum absolute atomic E-state index is 5.81. The smallest absolute Gasteiger partial charge is 0.130 e. The minimum atomic E-state index is 0.494. The monoisotopic (exact) mass is 182 g/mol. The Bertz CT molecular complexity index is 212. The topological polar surface area (TPSA) is 9.23 Å². The van der Waals surface area contributed by atoms with Gasteiger partial charge in [-0.1, -0.05) is 6.42 Å². The first-order valence-electron chi connectivity index (χ1n) is 4.64. The molecule has 0 saturated heterocycles. The van der Waals surface area contributed by atoms with Crippen LogP contribution < -0.4 is 4.74 Å². The van der Waals surface area contributed by atoms with Crippen LogP contribution in [0.25, 0.3) is 0 Å². The largest absolute Gasteiger partial charge is 0.490 e. The van der Waals surface area contributed by atoms with Crippen molar-refractivity contribution in [3.8, 4) is 5.75 Å². The molecule has 0 aromatic carbocycles. The van der Waals surface area contributed by atoms with E-state index in [-0.39, 0.29) is 0 Å². The van der Waals surface area contributed by atoms with Gasteiger partial charge in [-0.2, -0.15) is 0 Å². The fraction of sp³-hybridized carbons (Fsp3) is 0.600. The van der Waals surface area contributed by atoms with Crippen molar-refractivity contribution in [3.05, 3.63) is 16.8 Å². The van der Waals surface area contributed by atoms with Crippen molar-refractivity contribution in [2.24, 2.45) is 0 Å². The van der Waals surface area contributed by atoms with Gasteiger partial charge in [0.05, 0.1) is 6.10 Å². The Kier molecular flexibility index (Phi) is 2.67. The van der Waals surface area contributed by atoms with Gasteiger partial charge in [-0.05, 0) is 37.1 Å². The minimum absolute atomic E-state index is 0.494. The Morgan fingerprint density at radius 1 is 1.25 bits per heavy atom. The predicted molar refractivity (Wildman–Crippen MR) is 51.8 cm³/mol. The zero-order valence-electron chi connectivity index (χ0n) is 7.16. The number of rotatable bonds is 2. The lowest BCUT2D eigenvalue weighted by Gasteiger charge is -2.22. The van der Waals surface area contributed by atoms with E-state index in [0.717, 1.165) is 5.75 Å². The Hall–Kier alpha value is -0.500. The lowest BCUT2D eigenvalue weighted by atomic mass is 9.98. The molecular weight excluding hydrogens is 168 g/mol. The first-order valence-corrected chi connectivity index (χ1v) is 5.58. The van der Waals surface area contributed by atoms with Gasteiger partial charge in [-0.3, -0.25) is 0 Å². The highest BCUT2D eigenvalue weighted by Gasteiger charge is 2.14. The summed E-state index contributed by atoms with van der Waals surface area (Å²) < 4.78 is 5.81. The molecule has 1 aliphatic carbocycles. The predicted octanol–water partition coefficient (Wildman–Crippen LogP) is 3.46. The molecule has 1 saturated carbocycles. The second kappa shape index (κ2) is 3.94. The number of hydrogen-bond donors (Lipinski definition) is 0. The summed E-state index contributed by atoms with van der Waals surface area (Å²) in [6.07, 6.45) is 7.06. The molecule has 0 spiro atoms. The third kappa shape index (κ3) is 2.01. The average Bonchev–Trinajstić information content (AvgIpc) is 2.59. The van der Waals surface area contributed by atoms with Crippen molar-refractivity contribution in [3.63, 3.8) is 0 Å². The van der Waals surface area contributed by atoms with E-state index < -0.39 is 0 Å². The molecule has 1 heterocycles. The first-order chi connectivity index (χ1) is 5.95. The van der Waals surface area contributed by atoms with E-state index in [2.05, 4.69) is 16.8 Å². The van der Waals surface area contributed by atoms with E-state index in [9.17, 15) is 0 Å². The highest BCUT2D eigenvalue weighted by atomic mass is 32.1. The Labute approximate surface area is 77.4 Å². The summed E-state index contributed by atoms with van der Waals surface area (Å²) in [5.41, 5.74) is 0. The third-order valence-electron chi connectivity index (χ3n) is 2.35. The molecule has 1 aromatic heterocycles. The van der Waals surface area contributed by atoms with Crippen LogP contribution in [-0.4, -0.2) is 6.10 Å². The van der Waals surface area contributed by atoms with E-state index in [1.165, 1.54) is 32.1 Å². The zero-order valence-corrected chi connectivity index (χ0v) is 7.98. The fourth-order valence-corrected chi connectivity index (χ4v) is 2.25. The molecule has 1 fully saturated rings. The lowest BCUT2D eigenvalue weighted by molar-refractivity contribution is 0.155. The molecule has 12 heavy (non-hydrogen) atoms. The maximum atomic E-state index is 5.81. The van der Waals surface area contributed by atoms with Gasteiger partial charge in [0, 0.05) is 5.38 Å². The molecule has 2 rings (SSSR count). The van der Waals surface area contributed by atoms with Crippen LogP contribution in [0.4, 0.5) is 0 Å². The van der Waals surface area contributed by atoms with Crippen molar-refractivity contribution < 1.29 is 4.74 Å². The van der Waals surface area contributed by atoms with E-state index in [4.69, 9.17) is 4.74 Å². The Morgan fingerprint density at radius 2 is 2.08 bits per heavy atom. The van der Waals surface area contributed by atoms with Gasteiger partial charge in [0.1, 0.15) is 5.75 Å². The van der Waals surface area contributed by atoms with Crippen molar-refractivity contribution in [1.82, 2.24) is 0 Å². The first kappa shape index (κ1) is 8.11. The van der Waals surface area contributed by atoms with Gasteiger partial charge in [-0.25, -0.2) is 0 Å². The molecule has 0 aliphatic heterocycles. The van der Waals surface area contributed by atoms with Crippen LogP contribution in [0.5, 0.6) is 5.75 Å². The SMILES string of the molecule is c1cc(OC2CCCCC2)cs1. The molecule has 2 heteroatoms. The maximum Gasteiger partial charge on any atom is 0.130 e. The summed E-state index contributed by atoms with van der Waals surface area (Å²) in [4.78, 5) is 0. The van der Waals surface area contributed by atoms with Crippen LogP contribution in [0, 0.1) is 0 Å². The van der Waals surface area contributed by atoms with Crippen LogP contribution in [0.1, 0.15) is 32.1 Å². The van der Waals surface area contributed by atoms with Gasteiger partial charge >= 0.3 is 0 Å². The average molecular weight is 182 g/mol. The molecule has 1 aliphatic rings. The Morgan fingerprint density at radius 3 is 2.75 bits per heavy atom. The number of hydrogen-bond acceptors (Lipinski definition) is 2. The second-order valence-corrected chi connectivity index (χ2v) is 4.12. The Balaban J connectivity index is 1.86. The molecular formula is C10H14OS. The van der Waals surface area contributed by atoms with Gasteiger partial charge in [0.2, 0.25) is 0 Å². The van der Waals surface area contributed by atoms with E-state index >= 15 is 0 Å². The van der Waals surface area contributed by atoms with Crippen LogP contribution >= 0.6 is 11.3 Å².